The predicted octanol–water partition coefficient (Wildman–Crippen LogP) is 2.97. The minimum Gasteiger partial charge on any atom is -0.627 e. The van der Waals surface area contributed by atoms with Gasteiger partial charge < -0.3 is 9.85 Å². The zero-order chi connectivity index (χ0) is 12.5. The van der Waals surface area contributed by atoms with E-state index < -0.39 is 4.92 Å². The van der Waals surface area contributed by atoms with E-state index in [9.17, 15) is 15.3 Å². The minimum atomic E-state index is -0.446. The first-order chi connectivity index (χ1) is 8.04. The predicted molar refractivity (Wildman–Crippen MR) is 66.4 cm³/mol. The van der Waals surface area contributed by atoms with Gasteiger partial charge in [0.05, 0.1) is 17.5 Å². The molecule has 1 aromatic carbocycles. The first kappa shape index (κ1) is 12.0. The zero-order valence-corrected chi connectivity index (χ0v) is 9.83. The average Bonchev–Trinajstić information content (AvgIpc) is 2.33. The Hall–Kier alpha value is -1.46. The molecule has 0 aromatic heterocycles. The lowest BCUT2D eigenvalue weighted by Crippen LogP contribution is -2.53. The maximum absolute atomic E-state index is 12.7. The van der Waals surface area contributed by atoms with Crippen LogP contribution in [0.5, 0.6) is 0 Å². The van der Waals surface area contributed by atoms with Crippen molar-refractivity contribution < 1.29 is 4.92 Å². The molecule has 1 heterocycles. The van der Waals surface area contributed by atoms with Gasteiger partial charge in [0, 0.05) is 30.7 Å². The van der Waals surface area contributed by atoms with E-state index in [2.05, 4.69) is 0 Å². The monoisotopic (exact) mass is 236 g/mol. The highest BCUT2D eigenvalue weighted by molar-refractivity contribution is 5.49. The molecule has 0 amide bonds. The highest BCUT2D eigenvalue weighted by Gasteiger charge is 2.31. The Morgan fingerprint density at radius 3 is 2.47 bits per heavy atom. The van der Waals surface area contributed by atoms with Crippen molar-refractivity contribution in [2.24, 2.45) is 0 Å². The van der Waals surface area contributed by atoms with Crippen LogP contribution in [0.25, 0.3) is 0 Å². The number of quaternary nitrogens is 1. The molecule has 1 fully saturated rings. The molecule has 0 bridgehead atoms. The highest BCUT2D eigenvalue weighted by atomic mass is 16.6. The minimum absolute atomic E-state index is 0.0324. The maximum atomic E-state index is 12.7. The van der Waals surface area contributed by atoms with Crippen LogP contribution in [-0.2, 0) is 0 Å². The Balaban J connectivity index is 2.29. The van der Waals surface area contributed by atoms with Gasteiger partial charge in [-0.1, -0.05) is 0 Å². The number of nitrogens with zero attached hydrogens (tertiary/aromatic N) is 2. The average molecular weight is 236 g/mol. The molecule has 17 heavy (non-hydrogen) atoms. The van der Waals surface area contributed by atoms with Crippen molar-refractivity contribution in [2.45, 2.75) is 32.2 Å². The van der Waals surface area contributed by atoms with Gasteiger partial charge in [0.2, 0.25) is 0 Å². The van der Waals surface area contributed by atoms with Crippen molar-refractivity contribution in [1.29, 1.82) is 0 Å². The van der Waals surface area contributed by atoms with Crippen LogP contribution in [0.1, 0.15) is 26.2 Å². The molecule has 2 rings (SSSR count). The summed E-state index contributed by atoms with van der Waals surface area (Å²) < 4.78 is -0.349. The number of non-ortho nitro benzene ring substituents is 1. The Morgan fingerprint density at radius 1 is 1.29 bits per heavy atom. The topological polar surface area (TPSA) is 66.2 Å². The van der Waals surface area contributed by atoms with Crippen LogP contribution in [0.4, 0.5) is 11.4 Å². The number of hydrogen-bond acceptors (Lipinski definition) is 3. The Bertz CT molecular complexity index is 418. The summed E-state index contributed by atoms with van der Waals surface area (Å²) in [5.74, 6) is 0. The molecule has 0 N–H and O–H groups in total. The highest BCUT2D eigenvalue weighted by Crippen LogP contribution is 2.32. The Kier molecular flexibility index (Phi) is 3.13. The molecular formula is C12H16N2O3. The molecule has 0 saturated carbocycles. The van der Waals surface area contributed by atoms with Gasteiger partial charge in [0.25, 0.3) is 5.69 Å². The Labute approximate surface area is 100.0 Å². The first-order valence-corrected chi connectivity index (χ1v) is 5.88. The number of hydroxylamine groups is 2. The molecule has 1 saturated heterocycles. The van der Waals surface area contributed by atoms with Gasteiger partial charge in [-0.2, -0.15) is 0 Å². The van der Waals surface area contributed by atoms with Gasteiger partial charge in [-0.15, -0.1) is 0 Å². The molecule has 92 valence electrons. The summed E-state index contributed by atoms with van der Waals surface area (Å²) in [5, 5.41) is 23.3. The van der Waals surface area contributed by atoms with Crippen LogP contribution >= 0.6 is 0 Å². The number of hydrogen-bond donors (Lipinski definition) is 0. The molecule has 5 heteroatoms. The molecular weight excluding hydrogens is 220 g/mol. The number of piperidine rings is 1. The lowest BCUT2D eigenvalue weighted by Gasteiger charge is -2.49. The van der Waals surface area contributed by atoms with E-state index in [0.29, 0.717) is 12.2 Å². The SMILES string of the molecule is CC1CCCC[N+]1([O-])c1ccc([N+](=O)[O-])cc1. The van der Waals surface area contributed by atoms with Gasteiger partial charge in [-0.05, 0) is 19.8 Å². The summed E-state index contributed by atoms with van der Waals surface area (Å²) >= 11 is 0. The van der Waals surface area contributed by atoms with E-state index in [1.807, 2.05) is 6.92 Å². The van der Waals surface area contributed by atoms with E-state index >= 15 is 0 Å². The largest absolute Gasteiger partial charge is 0.627 e. The van der Waals surface area contributed by atoms with E-state index in [-0.39, 0.29) is 16.4 Å². The normalized spacial score (nSPS) is 28.9. The van der Waals surface area contributed by atoms with Crippen molar-refractivity contribution in [2.75, 3.05) is 6.54 Å². The molecule has 5 nitrogen and oxygen atoms in total. The van der Waals surface area contributed by atoms with Gasteiger partial charge in [0.15, 0.2) is 0 Å². The molecule has 1 aliphatic rings. The number of rotatable bonds is 2. The van der Waals surface area contributed by atoms with Crippen molar-refractivity contribution in [3.05, 3.63) is 39.6 Å². The van der Waals surface area contributed by atoms with Crippen molar-refractivity contribution in [3.63, 3.8) is 0 Å². The number of nitro groups is 1. The van der Waals surface area contributed by atoms with E-state index in [4.69, 9.17) is 0 Å². The second-order valence-corrected chi connectivity index (χ2v) is 4.64. The molecule has 2 atom stereocenters. The number of nitro benzene ring substituents is 1. The molecule has 1 aromatic rings. The fourth-order valence-electron chi connectivity index (χ4n) is 2.43. The fourth-order valence-corrected chi connectivity index (χ4v) is 2.43. The standard InChI is InChI=1S/C12H16N2O3/c1-10-4-2-3-9-14(10,17)12-7-5-11(6-8-12)13(15)16/h5-8,10H,2-4,9H2,1H3. The van der Waals surface area contributed by atoms with E-state index in [1.165, 1.54) is 12.1 Å². The molecule has 2 unspecified atom stereocenters. The van der Waals surface area contributed by atoms with Crippen molar-refractivity contribution >= 4 is 11.4 Å². The van der Waals surface area contributed by atoms with E-state index in [1.54, 1.807) is 12.1 Å². The maximum Gasteiger partial charge on any atom is 0.269 e. The summed E-state index contributed by atoms with van der Waals surface area (Å²) in [6.45, 7) is 2.52. The molecule has 0 radical (unpaired) electrons. The second-order valence-electron chi connectivity index (χ2n) is 4.64. The molecule has 1 aliphatic heterocycles. The third-order valence-corrected chi connectivity index (χ3v) is 3.57. The number of benzene rings is 1. The van der Waals surface area contributed by atoms with Crippen LogP contribution < -0.4 is 4.65 Å². The Morgan fingerprint density at radius 2 is 1.94 bits per heavy atom. The summed E-state index contributed by atoms with van der Waals surface area (Å²) in [4.78, 5) is 10.1. The first-order valence-electron chi connectivity index (χ1n) is 5.88. The summed E-state index contributed by atoms with van der Waals surface area (Å²) in [7, 11) is 0. The fraction of sp³-hybridized carbons (Fsp3) is 0.500. The lowest BCUT2D eigenvalue weighted by atomic mass is 10.0. The van der Waals surface area contributed by atoms with Crippen molar-refractivity contribution in [3.8, 4) is 0 Å². The van der Waals surface area contributed by atoms with Crippen LogP contribution in [0, 0.1) is 15.3 Å². The summed E-state index contributed by atoms with van der Waals surface area (Å²) in [6, 6.07) is 6.04. The van der Waals surface area contributed by atoms with Gasteiger partial charge in [-0.3, -0.25) is 10.1 Å². The van der Waals surface area contributed by atoms with Crippen LogP contribution in [0.3, 0.4) is 0 Å². The van der Waals surface area contributed by atoms with Gasteiger partial charge in [-0.25, -0.2) is 0 Å². The second kappa shape index (κ2) is 4.43. The van der Waals surface area contributed by atoms with Gasteiger partial charge >= 0.3 is 0 Å². The quantitative estimate of drug-likeness (QED) is 0.343. The van der Waals surface area contributed by atoms with Crippen LogP contribution in [0.15, 0.2) is 24.3 Å². The third-order valence-electron chi connectivity index (χ3n) is 3.57. The van der Waals surface area contributed by atoms with Crippen LogP contribution in [0.2, 0.25) is 0 Å². The summed E-state index contributed by atoms with van der Waals surface area (Å²) in [5.41, 5.74) is 0.660. The van der Waals surface area contributed by atoms with Crippen molar-refractivity contribution in [1.82, 2.24) is 4.65 Å². The molecule has 0 spiro atoms. The lowest BCUT2D eigenvalue weighted by molar-refractivity contribution is -0.384. The smallest absolute Gasteiger partial charge is 0.269 e. The van der Waals surface area contributed by atoms with Crippen LogP contribution in [-0.4, -0.2) is 17.5 Å². The third kappa shape index (κ3) is 2.16. The summed E-state index contributed by atoms with van der Waals surface area (Å²) in [6.07, 6.45) is 2.93. The van der Waals surface area contributed by atoms with E-state index in [0.717, 1.165) is 19.3 Å². The van der Waals surface area contributed by atoms with Gasteiger partial charge in [0.1, 0.15) is 5.69 Å². The molecule has 0 aliphatic carbocycles. The zero-order valence-electron chi connectivity index (χ0n) is 9.83.